The first-order chi connectivity index (χ1) is 8.51. The molecule has 4 nitrogen and oxygen atoms in total. The zero-order chi connectivity index (χ0) is 14.8. The van der Waals surface area contributed by atoms with E-state index in [1.807, 2.05) is 0 Å². The lowest BCUT2D eigenvalue weighted by atomic mass is 10.1. The molecule has 1 saturated heterocycles. The van der Waals surface area contributed by atoms with Gasteiger partial charge in [0.25, 0.3) is 0 Å². The first-order valence-corrected chi connectivity index (χ1v) is 5.88. The van der Waals surface area contributed by atoms with Gasteiger partial charge >= 0.3 is 18.4 Å². The highest BCUT2D eigenvalue weighted by molar-refractivity contribution is 5.69. The lowest BCUT2D eigenvalue weighted by Gasteiger charge is -2.40. The van der Waals surface area contributed by atoms with Crippen molar-refractivity contribution in [2.24, 2.45) is 0 Å². The topological polar surface area (TPSA) is 41.6 Å². The second kappa shape index (κ2) is 5.52. The normalized spacial score (nSPS) is 17.6. The quantitative estimate of drug-likeness (QED) is 0.805. The molecule has 0 aromatic carbocycles. The van der Waals surface area contributed by atoms with Crippen LogP contribution in [0.1, 0.15) is 20.8 Å². The van der Waals surface area contributed by atoms with Crippen LogP contribution in [-0.4, -0.2) is 54.6 Å². The number of carbonyl (C=O) groups is 1. The number of hydrogen-bond donors (Lipinski definition) is 1. The molecule has 0 unspecified atom stereocenters. The van der Waals surface area contributed by atoms with E-state index >= 15 is 0 Å². The molecule has 1 heterocycles. The van der Waals surface area contributed by atoms with Crippen LogP contribution in [0, 0.1) is 0 Å². The molecule has 0 radical (unpaired) electrons. The molecular weight excluding hydrogens is 268 g/mol. The molecule has 0 atom stereocenters. The second-order valence-electron chi connectivity index (χ2n) is 5.52. The van der Waals surface area contributed by atoms with Crippen molar-refractivity contribution in [2.45, 2.75) is 44.8 Å². The lowest BCUT2D eigenvalue weighted by Crippen LogP contribution is -2.62. The van der Waals surface area contributed by atoms with E-state index in [2.05, 4.69) is 5.32 Å². The Bertz CT molecular complexity index is 325. The molecule has 8 heteroatoms. The van der Waals surface area contributed by atoms with Crippen LogP contribution in [0.15, 0.2) is 0 Å². The monoisotopic (exact) mass is 286 g/mol. The molecule has 19 heavy (non-hydrogen) atoms. The number of ether oxygens (including phenoxy) is 1. The van der Waals surface area contributed by atoms with Gasteiger partial charge in [-0.25, -0.2) is 13.6 Å². The van der Waals surface area contributed by atoms with Crippen LogP contribution < -0.4 is 5.32 Å². The number of rotatable bonds is 4. The zero-order valence-corrected chi connectivity index (χ0v) is 11.1. The average Bonchev–Trinajstić information content (AvgIpc) is 2.11. The summed E-state index contributed by atoms with van der Waals surface area (Å²) in [6.07, 6.45) is -4.23. The molecule has 1 N–H and O–H groups in total. The standard InChI is InChI=1S/C11H18F4N2O2/c1-10(2,3)19-9(18)17-4-7(5-17)16-6-11(14,15)8(12)13/h7-8,16H,4-6H2,1-3H3. The summed E-state index contributed by atoms with van der Waals surface area (Å²) in [6, 6.07) is -0.405. The number of nitrogens with zero attached hydrogens (tertiary/aromatic N) is 1. The molecular formula is C11H18F4N2O2. The van der Waals surface area contributed by atoms with Crippen molar-refractivity contribution in [1.82, 2.24) is 10.2 Å². The third-order valence-electron chi connectivity index (χ3n) is 2.48. The van der Waals surface area contributed by atoms with Gasteiger partial charge in [-0.05, 0) is 20.8 Å². The number of carbonyl (C=O) groups excluding carboxylic acids is 1. The fourth-order valence-electron chi connectivity index (χ4n) is 1.44. The minimum absolute atomic E-state index is 0.175. The van der Waals surface area contributed by atoms with Crippen molar-refractivity contribution in [3.8, 4) is 0 Å². The molecule has 0 saturated carbocycles. The number of halogens is 4. The van der Waals surface area contributed by atoms with Gasteiger partial charge in [-0.15, -0.1) is 0 Å². The fraction of sp³-hybridized carbons (Fsp3) is 0.909. The smallest absolute Gasteiger partial charge is 0.410 e. The summed E-state index contributed by atoms with van der Waals surface area (Å²) in [5.41, 5.74) is -0.627. The number of alkyl halides is 4. The molecule has 1 aliphatic heterocycles. The number of nitrogens with one attached hydrogen (secondary N) is 1. The molecule has 0 aromatic heterocycles. The predicted molar refractivity (Wildman–Crippen MR) is 60.5 cm³/mol. The summed E-state index contributed by atoms with van der Waals surface area (Å²) in [4.78, 5) is 12.8. The molecule has 0 aromatic rings. The SMILES string of the molecule is CC(C)(C)OC(=O)N1CC(NCC(F)(F)C(F)F)C1. The first-order valence-electron chi connectivity index (χ1n) is 5.88. The van der Waals surface area contributed by atoms with Crippen LogP contribution in [0.5, 0.6) is 0 Å². The van der Waals surface area contributed by atoms with Gasteiger partial charge in [-0.1, -0.05) is 0 Å². The molecule has 1 fully saturated rings. The van der Waals surface area contributed by atoms with E-state index in [0.717, 1.165) is 0 Å². The zero-order valence-electron chi connectivity index (χ0n) is 11.1. The van der Waals surface area contributed by atoms with Crippen molar-refractivity contribution in [3.63, 3.8) is 0 Å². The second-order valence-corrected chi connectivity index (χ2v) is 5.52. The summed E-state index contributed by atoms with van der Waals surface area (Å²) in [5.74, 6) is -4.05. The van der Waals surface area contributed by atoms with Gasteiger partial charge in [0.1, 0.15) is 5.60 Å². The van der Waals surface area contributed by atoms with Crippen molar-refractivity contribution in [2.75, 3.05) is 19.6 Å². The highest BCUT2D eigenvalue weighted by Crippen LogP contribution is 2.22. The first kappa shape index (κ1) is 16.0. The summed E-state index contributed by atoms with van der Waals surface area (Å²) in [7, 11) is 0. The van der Waals surface area contributed by atoms with Crippen LogP contribution >= 0.6 is 0 Å². The van der Waals surface area contributed by atoms with Crippen molar-refractivity contribution in [1.29, 1.82) is 0 Å². The summed E-state index contributed by atoms with van der Waals surface area (Å²) >= 11 is 0. The molecule has 112 valence electrons. The maximum atomic E-state index is 12.6. The molecule has 0 spiro atoms. The molecule has 0 bridgehead atoms. The third kappa shape index (κ3) is 4.85. The Morgan fingerprint density at radius 2 is 1.89 bits per heavy atom. The lowest BCUT2D eigenvalue weighted by molar-refractivity contribution is -0.127. The van der Waals surface area contributed by atoms with Crippen LogP contribution in [0.4, 0.5) is 22.4 Å². The Kier molecular flexibility index (Phi) is 4.65. The van der Waals surface area contributed by atoms with E-state index in [0.29, 0.717) is 0 Å². The van der Waals surface area contributed by atoms with E-state index in [1.165, 1.54) is 4.90 Å². The van der Waals surface area contributed by atoms with Gasteiger partial charge in [-0.3, -0.25) is 0 Å². The molecule has 0 aliphatic carbocycles. The Hall–Kier alpha value is -1.05. The van der Waals surface area contributed by atoms with Crippen molar-refractivity contribution < 1.29 is 27.1 Å². The summed E-state index contributed by atoms with van der Waals surface area (Å²) < 4.78 is 54.1. The summed E-state index contributed by atoms with van der Waals surface area (Å²) in [5, 5.41) is 2.31. The highest BCUT2D eigenvalue weighted by Gasteiger charge is 2.42. The van der Waals surface area contributed by atoms with E-state index in [-0.39, 0.29) is 13.1 Å². The molecule has 1 aliphatic rings. The van der Waals surface area contributed by atoms with Crippen LogP contribution in [-0.2, 0) is 4.74 Å². The highest BCUT2D eigenvalue weighted by atomic mass is 19.3. The van der Waals surface area contributed by atoms with Gasteiger partial charge in [0.15, 0.2) is 0 Å². The Balaban J connectivity index is 2.26. The van der Waals surface area contributed by atoms with E-state index in [9.17, 15) is 22.4 Å². The predicted octanol–water partition coefficient (Wildman–Crippen LogP) is 2.10. The maximum absolute atomic E-state index is 12.6. The Morgan fingerprint density at radius 1 is 1.37 bits per heavy atom. The van der Waals surface area contributed by atoms with Crippen molar-refractivity contribution >= 4 is 6.09 Å². The molecule has 1 rings (SSSR count). The van der Waals surface area contributed by atoms with Gasteiger partial charge < -0.3 is 15.0 Å². The van der Waals surface area contributed by atoms with Gasteiger partial charge in [0, 0.05) is 19.1 Å². The largest absolute Gasteiger partial charge is 0.444 e. The molecule has 1 amide bonds. The maximum Gasteiger partial charge on any atom is 0.410 e. The average molecular weight is 286 g/mol. The number of hydrogen-bond acceptors (Lipinski definition) is 3. The number of likely N-dealkylation sites (tertiary alicyclic amines) is 1. The van der Waals surface area contributed by atoms with Crippen molar-refractivity contribution in [3.05, 3.63) is 0 Å². The summed E-state index contributed by atoms with van der Waals surface area (Å²) in [6.45, 7) is 4.39. The van der Waals surface area contributed by atoms with Gasteiger partial charge in [0.05, 0.1) is 6.54 Å². The van der Waals surface area contributed by atoms with E-state index in [1.54, 1.807) is 20.8 Å². The van der Waals surface area contributed by atoms with E-state index in [4.69, 9.17) is 4.74 Å². The Labute approximate surface area is 109 Å². The minimum atomic E-state index is -4.05. The van der Waals surface area contributed by atoms with E-state index < -0.39 is 36.6 Å². The van der Waals surface area contributed by atoms with Crippen LogP contribution in [0.3, 0.4) is 0 Å². The van der Waals surface area contributed by atoms with Crippen LogP contribution in [0.25, 0.3) is 0 Å². The number of amides is 1. The third-order valence-corrected chi connectivity index (χ3v) is 2.48. The fourth-order valence-corrected chi connectivity index (χ4v) is 1.44. The minimum Gasteiger partial charge on any atom is -0.444 e. The van der Waals surface area contributed by atoms with Crippen LogP contribution in [0.2, 0.25) is 0 Å². The van der Waals surface area contributed by atoms with Gasteiger partial charge in [-0.2, -0.15) is 8.78 Å². The Morgan fingerprint density at radius 3 is 2.32 bits per heavy atom. The van der Waals surface area contributed by atoms with Gasteiger partial charge in [0.2, 0.25) is 0 Å².